The van der Waals surface area contributed by atoms with Crippen LogP contribution in [0.2, 0.25) is 0 Å². The van der Waals surface area contributed by atoms with Crippen molar-refractivity contribution >= 4 is 23.2 Å². The van der Waals surface area contributed by atoms with Gasteiger partial charge in [0.15, 0.2) is 0 Å². The van der Waals surface area contributed by atoms with Crippen LogP contribution in [0.3, 0.4) is 0 Å². The molecule has 0 radical (unpaired) electrons. The normalized spacial score (nSPS) is 21.4. The highest BCUT2D eigenvalue weighted by Gasteiger charge is 2.43. The average molecular weight is 492 g/mol. The molecule has 5 rings (SSSR count). The molecule has 0 spiro atoms. The molecule has 0 aromatic heterocycles. The van der Waals surface area contributed by atoms with Gasteiger partial charge in [0, 0.05) is 56.6 Å². The number of hydrogen-bond acceptors (Lipinski definition) is 6. The molecule has 2 unspecified atom stereocenters. The van der Waals surface area contributed by atoms with Crippen molar-refractivity contribution in [1.29, 1.82) is 0 Å². The van der Waals surface area contributed by atoms with E-state index in [0.29, 0.717) is 45.7 Å². The van der Waals surface area contributed by atoms with Crippen LogP contribution in [-0.4, -0.2) is 71.3 Å². The number of carbonyl (C=O) groups is 2. The van der Waals surface area contributed by atoms with E-state index < -0.39 is 0 Å². The van der Waals surface area contributed by atoms with E-state index >= 15 is 0 Å². The van der Waals surface area contributed by atoms with Crippen molar-refractivity contribution in [3.63, 3.8) is 0 Å². The zero-order valence-electron chi connectivity index (χ0n) is 20.9. The van der Waals surface area contributed by atoms with Crippen molar-refractivity contribution in [2.45, 2.75) is 45.3 Å². The number of benzene rings is 2. The van der Waals surface area contributed by atoms with E-state index in [2.05, 4.69) is 27.2 Å². The van der Waals surface area contributed by atoms with Gasteiger partial charge in [0.2, 0.25) is 11.8 Å². The van der Waals surface area contributed by atoms with Crippen LogP contribution in [0.15, 0.2) is 42.5 Å². The third kappa shape index (κ3) is 4.80. The summed E-state index contributed by atoms with van der Waals surface area (Å²) in [6.07, 6.45) is 1.29. The zero-order chi connectivity index (χ0) is 25.4. The summed E-state index contributed by atoms with van der Waals surface area (Å²) >= 11 is 0. The Kier molecular flexibility index (Phi) is 6.66. The lowest BCUT2D eigenvalue weighted by atomic mass is 9.82. The minimum absolute atomic E-state index is 0.0131. The number of nitro benzene ring substituents is 1. The van der Waals surface area contributed by atoms with Crippen molar-refractivity contribution < 1.29 is 14.5 Å². The highest BCUT2D eigenvalue weighted by atomic mass is 16.6. The van der Waals surface area contributed by atoms with Crippen LogP contribution in [0.4, 0.5) is 11.4 Å². The Labute approximate surface area is 211 Å². The number of non-ortho nitro benzene ring substituents is 1. The molecule has 1 saturated heterocycles. The molecule has 9 nitrogen and oxygen atoms in total. The second-order valence-corrected chi connectivity index (χ2v) is 10.4. The highest BCUT2D eigenvalue weighted by Crippen LogP contribution is 2.39. The molecular formula is C27H33N5O4. The zero-order valence-corrected chi connectivity index (χ0v) is 20.9. The molecule has 36 heavy (non-hydrogen) atoms. The number of nitrogens with zero attached hydrogens (tertiary/aromatic N) is 4. The number of hydrogen-bond donors (Lipinski definition) is 1. The predicted molar refractivity (Wildman–Crippen MR) is 137 cm³/mol. The molecule has 190 valence electrons. The van der Waals surface area contributed by atoms with Crippen LogP contribution in [-0.2, 0) is 29.0 Å². The van der Waals surface area contributed by atoms with Crippen LogP contribution in [0.1, 0.15) is 30.5 Å². The Morgan fingerprint density at radius 2 is 1.86 bits per heavy atom. The summed E-state index contributed by atoms with van der Waals surface area (Å²) in [6.45, 7) is 7.39. The lowest BCUT2D eigenvalue weighted by molar-refractivity contribution is -0.384. The molecule has 2 amide bonds. The number of rotatable bonds is 5. The van der Waals surface area contributed by atoms with Gasteiger partial charge in [-0.05, 0) is 49.4 Å². The molecule has 0 bridgehead atoms. The molecule has 3 aliphatic heterocycles. The average Bonchev–Trinajstić information content (AvgIpc) is 2.86. The van der Waals surface area contributed by atoms with Gasteiger partial charge in [-0.2, -0.15) is 0 Å². The van der Waals surface area contributed by atoms with Crippen molar-refractivity contribution in [3.05, 3.63) is 69.3 Å². The SMILES string of the molecule is CC(C)NC(=O)CN1CCN2c3ccc([N+](=O)[O-])cc3CC(C(=O)N3CCc4ccccc4C3)C2C1. The highest BCUT2D eigenvalue weighted by molar-refractivity contribution is 5.83. The van der Waals surface area contributed by atoms with Gasteiger partial charge in [-0.3, -0.25) is 24.6 Å². The molecule has 0 aliphatic carbocycles. The van der Waals surface area contributed by atoms with E-state index in [0.717, 1.165) is 17.7 Å². The van der Waals surface area contributed by atoms with E-state index in [1.807, 2.05) is 36.9 Å². The summed E-state index contributed by atoms with van der Waals surface area (Å²) in [5.41, 5.74) is 4.32. The van der Waals surface area contributed by atoms with Crippen molar-refractivity contribution in [2.75, 3.05) is 37.6 Å². The predicted octanol–water partition coefficient (Wildman–Crippen LogP) is 2.37. The summed E-state index contributed by atoms with van der Waals surface area (Å²) in [6, 6.07) is 13.2. The lowest BCUT2D eigenvalue weighted by Gasteiger charge is -2.49. The Hall–Kier alpha value is -3.46. The first kappa shape index (κ1) is 24.2. The Morgan fingerprint density at radius 3 is 2.61 bits per heavy atom. The van der Waals surface area contributed by atoms with Crippen molar-refractivity contribution in [1.82, 2.24) is 15.1 Å². The standard InChI is InChI=1S/C27H33N5O4/c1-18(2)28-26(33)17-29-11-12-31-24-8-7-22(32(35)36)13-21(24)14-23(25(31)16-29)27(34)30-10-9-19-5-3-4-6-20(19)15-30/h3-8,13,18,23,25H,9-12,14-17H2,1-2H3,(H,28,33). The maximum atomic E-state index is 14.0. The summed E-state index contributed by atoms with van der Waals surface area (Å²) in [4.78, 5) is 43.8. The maximum Gasteiger partial charge on any atom is 0.269 e. The fourth-order valence-electron chi connectivity index (χ4n) is 5.90. The summed E-state index contributed by atoms with van der Waals surface area (Å²) < 4.78 is 0. The van der Waals surface area contributed by atoms with Gasteiger partial charge in [-0.15, -0.1) is 0 Å². The first-order valence-electron chi connectivity index (χ1n) is 12.7. The molecule has 0 saturated carbocycles. The molecule has 9 heteroatoms. The second kappa shape index (κ2) is 9.89. The number of amides is 2. The molecule has 2 aromatic carbocycles. The first-order valence-corrected chi connectivity index (χ1v) is 12.7. The summed E-state index contributed by atoms with van der Waals surface area (Å²) in [7, 11) is 0. The molecule has 3 heterocycles. The lowest BCUT2D eigenvalue weighted by Crippen LogP contribution is -2.62. The van der Waals surface area contributed by atoms with E-state index in [1.54, 1.807) is 12.1 Å². The third-order valence-electron chi connectivity index (χ3n) is 7.57. The number of carbonyl (C=O) groups excluding carboxylic acids is 2. The van der Waals surface area contributed by atoms with Gasteiger partial charge in [-0.1, -0.05) is 24.3 Å². The topological polar surface area (TPSA) is 99.0 Å². The fraction of sp³-hybridized carbons (Fsp3) is 0.481. The van der Waals surface area contributed by atoms with Gasteiger partial charge in [-0.25, -0.2) is 0 Å². The molecule has 1 N–H and O–H groups in total. The van der Waals surface area contributed by atoms with Gasteiger partial charge in [0.25, 0.3) is 5.69 Å². The van der Waals surface area contributed by atoms with Crippen LogP contribution in [0.25, 0.3) is 0 Å². The third-order valence-corrected chi connectivity index (χ3v) is 7.57. The van der Waals surface area contributed by atoms with Crippen LogP contribution in [0, 0.1) is 16.0 Å². The molecule has 1 fully saturated rings. The van der Waals surface area contributed by atoms with E-state index in [-0.39, 0.29) is 40.4 Å². The Morgan fingerprint density at radius 1 is 1.08 bits per heavy atom. The van der Waals surface area contributed by atoms with Crippen LogP contribution >= 0.6 is 0 Å². The van der Waals surface area contributed by atoms with Crippen LogP contribution < -0.4 is 10.2 Å². The number of fused-ring (bicyclic) bond motifs is 4. The Balaban J connectivity index is 1.42. The van der Waals surface area contributed by atoms with Gasteiger partial charge in [0.1, 0.15) is 0 Å². The second-order valence-electron chi connectivity index (χ2n) is 10.4. The van der Waals surface area contributed by atoms with E-state index in [1.165, 1.54) is 11.1 Å². The van der Waals surface area contributed by atoms with Crippen LogP contribution in [0.5, 0.6) is 0 Å². The number of anilines is 1. The van der Waals surface area contributed by atoms with Gasteiger partial charge in [0.05, 0.1) is 23.4 Å². The smallest absolute Gasteiger partial charge is 0.269 e. The molecule has 2 aromatic rings. The minimum Gasteiger partial charge on any atom is -0.365 e. The van der Waals surface area contributed by atoms with E-state index in [4.69, 9.17) is 0 Å². The Bertz CT molecular complexity index is 1180. The van der Waals surface area contributed by atoms with Crippen molar-refractivity contribution in [3.8, 4) is 0 Å². The van der Waals surface area contributed by atoms with Gasteiger partial charge >= 0.3 is 0 Å². The minimum atomic E-state index is -0.379. The summed E-state index contributed by atoms with van der Waals surface area (Å²) in [5.74, 6) is -0.258. The number of nitro groups is 1. The fourth-order valence-corrected chi connectivity index (χ4v) is 5.90. The maximum absolute atomic E-state index is 14.0. The molecular weight excluding hydrogens is 458 g/mol. The molecule has 3 aliphatic rings. The van der Waals surface area contributed by atoms with E-state index in [9.17, 15) is 19.7 Å². The van der Waals surface area contributed by atoms with Crippen molar-refractivity contribution in [2.24, 2.45) is 5.92 Å². The quantitative estimate of drug-likeness (QED) is 0.509. The van der Waals surface area contributed by atoms with Gasteiger partial charge < -0.3 is 15.1 Å². The first-order chi connectivity index (χ1) is 17.3. The summed E-state index contributed by atoms with van der Waals surface area (Å²) in [5, 5.41) is 14.4. The number of nitrogens with one attached hydrogen (secondary N) is 1. The largest absolute Gasteiger partial charge is 0.365 e. The monoisotopic (exact) mass is 491 g/mol. The molecule has 2 atom stereocenters. The number of piperazine rings is 1.